The number of carbonyl (C=O) groups is 2. The van der Waals surface area contributed by atoms with Crippen LogP contribution in [0.2, 0.25) is 0 Å². The van der Waals surface area contributed by atoms with Gasteiger partial charge < -0.3 is 15.2 Å². The number of carbonyl (C=O) groups excluding carboxylic acids is 2. The van der Waals surface area contributed by atoms with Crippen molar-refractivity contribution in [2.45, 2.75) is 75.7 Å². The molecule has 1 heterocycles. The molecule has 2 amide bonds. The SMILES string of the molecule is CCn1c(SCC(=O)NC23CC4CC(CC(C4)C2)C3)nnc1[C@@H](C)NC(=O)c1ccccc1. The maximum atomic E-state index is 12.9. The first-order valence-electron chi connectivity index (χ1n) is 12.2. The Bertz CT molecular complexity index is 986. The van der Waals surface area contributed by atoms with Gasteiger partial charge >= 0.3 is 0 Å². The van der Waals surface area contributed by atoms with Crippen molar-refractivity contribution in [2.75, 3.05) is 5.75 Å². The molecule has 0 aliphatic heterocycles. The second-order valence-corrected chi connectivity index (χ2v) is 11.1. The fourth-order valence-electron chi connectivity index (χ4n) is 6.68. The topological polar surface area (TPSA) is 88.9 Å². The van der Waals surface area contributed by atoms with E-state index in [9.17, 15) is 9.59 Å². The van der Waals surface area contributed by atoms with Gasteiger partial charge in [0.25, 0.3) is 5.91 Å². The molecule has 0 spiro atoms. The Morgan fingerprint density at radius 2 is 1.73 bits per heavy atom. The predicted octanol–water partition coefficient (Wildman–Crippen LogP) is 3.97. The van der Waals surface area contributed by atoms with Crippen LogP contribution in [0.3, 0.4) is 0 Å². The van der Waals surface area contributed by atoms with Crippen molar-refractivity contribution in [3.63, 3.8) is 0 Å². The van der Waals surface area contributed by atoms with Crippen molar-refractivity contribution < 1.29 is 9.59 Å². The van der Waals surface area contributed by atoms with Crippen molar-refractivity contribution in [2.24, 2.45) is 17.8 Å². The number of aromatic nitrogens is 3. The summed E-state index contributed by atoms with van der Waals surface area (Å²) >= 11 is 1.43. The van der Waals surface area contributed by atoms with Gasteiger partial charge in [-0.05, 0) is 82.3 Å². The van der Waals surface area contributed by atoms with E-state index in [4.69, 9.17) is 0 Å². The van der Waals surface area contributed by atoms with Crippen molar-refractivity contribution in [1.29, 1.82) is 0 Å². The van der Waals surface area contributed by atoms with Gasteiger partial charge in [0.1, 0.15) is 0 Å². The minimum Gasteiger partial charge on any atom is -0.350 e. The summed E-state index contributed by atoms with van der Waals surface area (Å²) in [6.45, 7) is 4.61. The first-order valence-corrected chi connectivity index (χ1v) is 13.2. The Labute approximate surface area is 199 Å². The van der Waals surface area contributed by atoms with Gasteiger partial charge in [-0.3, -0.25) is 9.59 Å². The van der Waals surface area contributed by atoms with Gasteiger partial charge in [0.2, 0.25) is 5.91 Å². The minimum absolute atomic E-state index is 0.0339. The van der Waals surface area contributed by atoms with Crippen LogP contribution in [0, 0.1) is 17.8 Å². The molecule has 4 fully saturated rings. The molecule has 0 saturated heterocycles. The molecule has 7 nitrogen and oxygen atoms in total. The monoisotopic (exact) mass is 467 g/mol. The Kier molecular flexibility index (Phi) is 6.20. The Hall–Kier alpha value is -2.35. The molecule has 6 rings (SSSR count). The van der Waals surface area contributed by atoms with Crippen molar-refractivity contribution in [3.8, 4) is 0 Å². The molecular weight excluding hydrogens is 434 g/mol. The number of amides is 2. The summed E-state index contributed by atoms with van der Waals surface area (Å²) in [5, 5.41) is 15.8. The maximum absolute atomic E-state index is 12.9. The zero-order valence-electron chi connectivity index (χ0n) is 19.4. The van der Waals surface area contributed by atoms with Crippen molar-refractivity contribution in [1.82, 2.24) is 25.4 Å². The molecule has 4 saturated carbocycles. The smallest absolute Gasteiger partial charge is 0.251 e. The van der Waals surface area contributed by atoms with Gasteiger partial charge in [-0.1, -0.05) is 30.0 Å². The quantitative estimate of drug-likeness (QED) is 0.574. The second kappa shape index (κ2) is 9.12. The minimum atomic E-state index is -0.291. The molecule has 0 unspecified atom stereocenters. The lowest BCUT2D eigenvalue weighted by molar-refractivity contribution is -0.124. The van der Waals surface area contributed by atoms with Crippen LogP contribution in [-0.4, -0.2) is 37.9 Å². The fourth-order valence-corrected chi connectivity index (χ4v) is 7.49. The van der Waals surface area contributed by atoms with E-state index >= 15 is 0 Å². The van der Waals surface area contributed by atoms with Gasteiger partial charge in [-0.25, -0.2) is 0 Å². The summed E-state index contributed by atoms with van der Waals surface area (Å²) in [5.74, 6) is 3.42. The highest BCUT2D eigenvalue weighted by molar-refractivity contribution is 7.99. The zero-order valence-corrected chi connectivity index (χ0v) is 20.2. The molecule has 176 valence electrons. The molecule has 4 bridgehead atoms. The molecule has 2 N–H and O–H groups in total. The van der Waals surface area contributed by atoms with Crippen LogP contribution < -0.4 is 10.6 Å². The van der Waals surface area contributed by atoms with Gasteiger partial charge in [0.15, 0.2) is 11.0 Å². The summed E-state index contributed by atoms with van der Waals surface area (Å²) in [7, 11) is 0. The van der Waals surface area contributed by atoms with E-state index in [1.807, 2.05) is 36.6 Å². The Balaban J connectivity index is 1.19. The van der Waals surface area contributed by atoms with E-state index in [1.54, 1.807) is 12.1 Å². The molecule has 4 aliphatic carbocycles. The highest BCUT2D eigenvalue weighted by atomic mass is 32.2. The van der Waals surface area contributed by atoms with E-state index < -0.39 is 0 Å². The number of thioether (sulfide) groups is 1. The average Bonchev–Trinajstić information content (AvgIpc) is 3.20. The molecule has 1 aromatic carbocycles. The van der Waals surface area contributed by atoms with E-state index in [0.29, 0.717) is 28.8 Å². The van der Waals surface area contributed by atoms with Crippen LogP contribution in [0.4, 0.5) is 0 Å². The number of nitrogens with one attached hydrogen (secondary N) is 2. The Morgan fingerprint density at radius 1 is 1.09 bits per heavy atom. The number of hydrogen-bond acceptors (Lipinski definition) is 5. The van der Waals surface area contributed by atoms with Crippen LogP contribution in [0.1, 0.15) is 74.6 Å². The van der Waals surface area contributed by atoms with Crippen LogP contribution in [-0.2, 0) is 11.3 Å². The third-order valence-corrected chi connectivity index (χ3v) is 8.57. The summed E-state index contributed by atoms with van der Waals surface area (Å²) < 4.78 is 1.98. The second-order valence-electron chi connectivity index (χ2n) is 10.2. The average molecular weight is 468 g/mol. The standard InChI is InChI=1S/C25H33N5O2S/c1-3-30-22(16(2)26-23(32)20-7-5-4-6-8-20)28-29-24(30)33-15-21(31)27-25-12-17-9-18(13-25)11-19(10-17)14-25/h4-8,16-19H,3,9-15H2,1-2H3,(H,26,32)(H,27,31)/t16-,17?,18?,19?,25?/m1/s1. The number of hydrogen-bond donors (Lipinski definition) is 2. The van der Waals surface area contributed by atoms with E-state index in [1.165, 1.54) is 31.0 Å². The van der Waals surface area contributed by atoms with Crippen LogP contribution >= 0.6 is 11.8 Å². The van der Waals surface area contributed by atoms with Gasteiger partial charge in [0.05, 0.1) is 11.8 Å². The molecule has 0 radical (unpaired) electrons. The third kappa shape index (κ3) is 4.67. The molecule has 8 heteroatoms. The summed E-state index contributed by atoms with van der Waals surface area (Å²) in [5.41, 5.74) is 0.648. The highest BCUT2D eigenvalue weighted by Gasteiger charge is 2.51. The lowest BCUT2D eigenvalue weighted by Gasteiger charge is -2.56. The maximum Gasteiger partial charge on any atom is 0.251 e. The van der Waals surface area contributed by atoms with E-state index in [0.717, 1.165) is 37.0 Å². The lowest BCUT2D eigenvalue weighted by atomic mass is 9.53. The van der Waals surface area contributed by atoms with Gasteiger partial charge in [-0.15, -0.1) is 10.2 Å². The number of benzene rings is 1. The molecule has 33 heavy (non-hydrogen) atoms. The van der Waals surface area contributed by atoms with E-state index in [-0.39, 0.29) is 23.4 Å². The van der Waals surface area contributed by atoms with E-state index in [2.05, 4.69) is 20.8 Å². The van der Waals surface area contributed by atoms with Gasteiger partial charge in [-0.2, -0.15) is 0 Å². The molecule has 1 atom stereocenters. The normalized spacial score (nSPS) is 28.5. The van der Waals surface area contributed by atoms with Crippen LogP contribution in [0.5, 0.6) is 0 Å². The first kappa shape index (κ1) is 22.4. The number of nitrogens with zero attached hydrogens (tertiary/aromatic N) is 3. The zero-order chi connectivity index (χ0) is 23.0. The highest BCUT2D eigenvalue weighted by Crippen LogP contribution is 2.55. The summed E-state index contributed by atoms with van der Waals surface area (Å²) in [4.78, 5) is 25.4. The molecule has 1 aromatic heterocycles. The Morgan fingerprint density at radius 3 is 2.33 bits per heavy atom. The third-order valence-electron chi connectivity index (χ3n) is 7.61. The molecular formula is C25H33N5O2S. The molecule has 2 aromatic rings. The summed E-state index contributed by atoms with van der Waals surface area (Å²) in [6, 6.07) is 8.86. The van der Waals surface area contributed by atoms with Crippen molar-refractivity contribution >= 4 is 23.6 Å². The largest absolute Gasteiger partial charge is 0.350 e. The van der Waals surface area contributed by atoms with Gasteiger partial charge in [0, 0.05) is 17.6 Å². The lowest BCUT2D eigenvalue weighted by Crippen LogP contribution is -2.60. The first-order chi connectivity index (χ1) is 15.9. The van der Waals surface area contributed by atoms with Crippen LogP contribution in [0.15, 0.2) is 35.5 Å². The predicted molar refractivity (Wildman–Crippen MR) is 128 cm³/mol. The van der Waals surface area contributed by atoms with Crippen molar-refractivity contribution in [3.05, 3.63) is 41.7 Å². The van der Waals surface area contributed by atoms with Crippen LogP contribution in [0.25, 0.3) is 0 Å². The number of rotatable bonds is 8. The fraction of sp³-hybridized carbons (Fsp3) is 0.600. The molecule has 4 aliphatic rings. The summed E-state index contributed by atoms with van der Waals surface area (Å²) in [6.07, 6.45) is 7.57.